The molecule has 0 spiro atoms. The summed E-state index contributed by atoms with van der Waals surface area (Å²) in [6, 6.07) is 9.60. The van der Waals surface area contributed by atoms with Crippen molar-refractivity contribution in [3.63, 3.8) is 0 Å². The van der Waals surface area contributed by atoms with Crippen LogP contribution in [0.1, 0.15) is 53.0 Å². The van der Waals surface area contributed by atoms with Gasteiger partial charge in [0.05, 0.1) is 11.8 Å². The molecule has 1 aromatic rings. The number of hydrogen-bond donors (Lipinski definition) is 0. The van der Waals surface area contributed by atoms with E-state index in [0.717, 1.165) is 5.56 Å². The van der Waals surface area contributed by atoms with E-state index in [1.54, 1.807) is 0 Å². The minimum atomic E-state index is -0.574. The second-order valence-electron chi connectivity index (χ2n) is 6.87. The SMILES string of the molecule is CC(C)C(=O)OC(C)(C)CC[C@H](C)C(=O)OCc1ccccc1. The van der Waals surface area contributed by atoms with Crippen LogP contribution in [0.15, 0.2) is 30.3 Å². The maximum Gasteiger partial charge on any atom is 0.308 e. The van der Waals surface area contributed by atoms with Crippen molar-refractivity contribution in [2.24, 2.45) is 11.8 Å². The number of benzene rings is 1. The standard InChI is InChI=1S/C19H28O4/c1-14(2)17(20)23-19(4,5)12-11-15(3)18(21)22-13-16-9-7-6-8-10-16/h6-10,14-15H,11-13H2,1-5H3/t15-/m0/s1. The molecule has 1 aromatic carbocycles. The molecule has 0 aliphatic rings. The topological polar surface area (TPSA) is 52.6 Å². The van der Waals surface area contributed by atoms with Gasteiger partial charge in [0.2, 0.25) is 0 Å². The van der Waals surface area contributed by atoms with Crippen molar-refractivity contribution >= 4 is 11.9 Å². The van der Waals surface area contributed by atoms with Crippen LogP contribution in [0.5, 0.6) is 0 Å². The number of esters is 2. The Labute approximate surface area is 139 Å². The van der Waals surface area contributed by atoms with Crippen molar-refractivity contribution in [2.45, 2.75) is 59.7 Å². The molecule has 0 radical (unpaired) electrons. The molecular formula is C19H28O4. The lowest BCUT2D eigenvalue weighted by Crippen LogP contribution is -2.31. The Morgan fingerprint density at radius 3 is 2.22 bits per heavy atom. The summed E-state index contributed by atoms with van der Waals surface area (Å²) in [5.74, 6) is -0.813. The smallest absolute Gasteiger partial charge is 0.308 e. The van der Waals surface area contributed by atoms with Crippen LogP contribution in [0.3, 0.4) is 0 Å². The minimum absolute atomic E-state index is 0.150. The third-order valence-electron chi connectivity index (χ3n) is 3.65. The van der Waals surface area contributed by atoms with E-state index < -0.39 is 5.60 Å². The first kappa shape index (κ1) is 19.2. The minimum Gasteiger partial charge on any atom is -0.461 e. The Morgan fingerprint density at radius 1 is 1.04 bits per heavy atom. The van der Waals surface area contributed by atoms with Crippen molar-refractivity contribution in [3.05, 3.63) is 35.9 Å². The molecule has 0 bridgehead atoms. The average Bonchev–Trinajstić information content (AvgIpc) is 2.50. The highest BCUT2D eigenvalue weighted by molar-refractivity contribution is 5.72. The Balaban J connectivity index is 2.38. The van der Waals surface area contributed by atoms with Crippen LogP contribution in [-0.4, -0.2) is 17.5 Å². The van der Waals surface area contributed by atoms with Gasteiger partial charge in [-0.25, -0.2) is 0 Å². The highest BCUT2D eigenvalue weighted by atomic mass is 16.6. The molecule has 0 aliphatic heterocycles. The Hall–Kier alpha value is -1.84. The Bertz CT molecular complexity index is 505. The van der Waals surface area contributed by atoms with E-state index in [9.17, 15) is 9.59 Å². The normalized spacial score (nSPS) is 12.8. The third kappa shape index (κ3) is 7.31. The molecule has 0 saturated heterocycles. The fourth-order valence-corrected chi connectivity index (χ4v) is 1.99. The molecule has 1 rings (SSSR count). The zero-order valence-electron chi connectivity index (χ0n) is 14.8. The second kappa shape index (κ2) is 8.70. The van der Waals surface area contributed by atoms with Gasteiger partial charge < -0.3 is 9.47 Å². The quantitative estimate of drug-likeness (QED) is 0.676. The first-order valence-electron chi connectivity index (χ1n) is 8.14. The molecule has 0 fully saturated rings. The monoisotopic (exact) mass is 320 g/mol. The van der Waals surface area contributed by atoms with Crippen LogP contribution in [-0.2, 0) is 25.7 Å². The predicted octanol–water partition coefficient (Wildman–Crippen LogP) is 4.12. The zero-order valence-corrected chi connectivity index (χ0v) is 14.8. The van der Waals surface area contributed by atoms with Crippen LogP contribution < -0.4 is 0 Å². The summed E-state index contributed by atoms with van der Waals surface area (Å²) in [7, 11) is 0. The van der Waals surface area contributed by atoms with E-state index in [2.05, 4.69) is 0 Å². The van der Waals surface area contributed by atoms with E-state index in [1.165, 1.54) is 0 Å². The van der Waals surface area contributed by atoms with Gasteiger partial charge in [-0.3, -0.25) is 9.59 Å². The molecule has 0 aromatic heterocycles. The van der Waals surface area contributed by atoms with Crippen LogP contribution in [0, 0.1) is 11.8 Å². The number of ether oxygens (including phenoxy) is 2. The van der Waals surface area contributed by atoms with Gasteiger partial charge >= 0.3 is 11.9 Å². The summed E-state index contributed by atoms with van der Waals surface area (Å²) >= 11 is 0. The van der Waals surface area contributed by atoms with Crippen molar-refractivity contribution < 1.29 is 19.1 Å². The lowest BCUT2D eigenvalue weighted by Gasteiger charge is -2.27. The summed E-state index contributed by atoms with van der Waals surface area (Å²) < 4.78 is 10.8. The fourth-order valence-electron chi connectivity index (χ4n) is 1.99. The third-order valence-corrected chi connectivity index (χ3v) is 3.65. The second-order valence-corrected chi connectivity index (χ2v) is 6.87. The molecule has 4 nitrogen and oxygen atoms in total. The lowest BCUT2D eigenvalue weighted by molar-refractivity contribution is -0.161. The lowest BCUT2D eigenvalue weighted by atomic mass is 9.95. The fraction of sp³-hybridized carbons (Fsp3) is 0.579. The average molecular weight is 320 g/mol. The molecule has 0 aliphatic carbocycles. The molecule has 0 unspecified atom stereocenters. The van der Waals surface area contributed by atoms with Gasteiger partial charge in [0.25, 0.3) is 0 Å². The van der Waals surface area contributed by atoms with Crippen LogP contribution in [0.2, 0.25) is 0 Å². The molecular weight excluding hydrogens is 292 g/mol. The summed E-state index contributed by atoms with van der Waals surface area (Å²) in [6.45, 7) is 9.48. The van der Waals surface area contributed by atoms with Gasteiger partial charge in [-0.2, -0.15) is 0 Å². The summed E-state index contributed by atoms with van der Waals surface area (Å²) in [5, 5.41) is 0. The maximum absolute atomic E-state index is 12.0. The summed E-state index contributed by atoms with van der Waals surface area (Å²) in [5.41, 5.74) is 0.397. The molecule has 0 saturated carbocycles. The number of carbonyl (C=O) groups excluding carboxylic acids is 2. The van der Waals surface area contributed by atoms with Gasteiger partial charge in [-0.05, 0) is 32.3 Å². The highest BCUT2D eigenvalue weighted by Gasteiger charge is 2.26. The number of hydrogen-bond acceptors (Lipinski definition) is 4. The van der Waals surface area contributed by atoms with Gasteiger partial charge in [-0.15, -0.1) is 0 Å². The van der Waals surface area contributed by atoms with Gasteiger partial charge in [-0.1, -0.05) is 51.1 Å². The maximum atomic E-state index is 12.0. The summed E-state index contributed by atoms with van der Waals surface area (Å²) in [4.78, 5) is 23.7. The van der Waals surface area contributed by atoms with E-state index >= 15 is 0 Å². The molecule has 1 atom stereocenters. The summed E-state index contributed by atoms with van der Waals surface area (Å²) in [6.07, 6.45) is 1.24. The first-order valence-corrected chi connectivity index (χ1v) is 8.14. The Morgan fingerprint density at radius 2 is 1.65 bits per heavy atom. The molecule has 0 heterocycles. The largest absolute Gasteiger partial charge is 0.461 e. The Kier molecular flexibility index (Phi) is 7.27. The molecule has 0 N–H and O–H groups in total. The first-order chi connectivity index (χ1) is 10.7. The van der Waals surface area contributed by atoms with Crippen LogP contribution >= 0.6 is 0 Å². The van der Waals surface area contributed by atoms with Crippen molar-refractivity contribution in [1.82, 2.24) is 0 Å². The number of rotatable bonds is 8. The molecule has 23 heavy (non-hydrogen) atoms. The molecule has 4 heteroatoms. The van der Waals surface area contributed by atoms with E-state index in [0.29, 0.717) is 12.8 Å². The molecule has 0 amide bonds. The van der Waals surface area contributed by atoms with E-state index in [-0.39, 0.29) is 30.4 Å². The zero-order chi connectivity index (χ0) is 17.5. The van der Waals surface area contributed by atoms with Crippen molar-refractivity contribution in [1.29, 1.82) is 0 Å². The van der Waals surface area contributed by atoms with Gasteiger partial charge in [0.1, 0.15) is 12.2 Å². The van der Waals surface area contributed by atoms with Crippen LogP contribution in [0.4, 0.5) is 0 Å². The van der Waals surface area contributed by atoms with E-state index in [1.807, 2.05) is 65.0 Å². The van der Waals surface area contributed by atoms with Crippen molar-refractivity contribution in [2.75, 3.05) is 0 Å². The highest BCUT2D eigenvalue weighted by Crippen LogP contribution is 2.22. The van der Waals surface area contributed by atoms with Gasteiger partial charge in [0.15, 0.2) is 0 Å². The number of carbonyl (C=O) groups is 2. The van der Waals surface area contributed by atoms with E-state index in [4.69, 9.17) is 9.47 Å². The van der Waals surface area contributed by atoms with Crippen molar-refractivity contribution in [3.8, 4) is 0 Å². The van der Waals surface area contributed by atoms with Crippen LogP contribution in [0.25, 0.3) is 0 Å². The predicted molar refractivity (Wildman–Crippen MR) is 89.6 cm³/mol. The molecule has 128 valence electrons. The van der Waals surface area contributed by atoms with Gasteiger partial charge in [0, 0.05) is 0 Å².